The maximum absolute atomic E-state index is 13.1. The fourth-order valence-corrected chi connectivity index (χ4v) is 4.31. The van der Waals surface area contributed by atoms with Gasteiger partial charge in [0.15, 0.2) is 6.04 Å². The van der Waals surface area contributed by atoms with Crippen molar-refractivity contribution in [3.63, 3.8) is 0 Å². The van der Waals surface area contributed by atoms with Gasteiger partial charge < -0.3 is 20.3 Å². The van der Waals surface area contributed by atoms with Crippen LogP contribution in [0.15, 0.2) is 48.5 Å². The summed E-state index contributed by atoms with van der Waals surface area (Å²) in [5.74, 6) is 0.554. The van der Waals surface area contributed by atoms with Gasteiger partial charge in [0.05, 0.1) is 25.2 Å². The van der Waals surface area contributed by atoms with Crippen molar-refractivity contribution in [1.29, 1.82) is 0 Å². The summed E-state index contributed by atoms with van der Waals surface area (Å²) in [6.45, 7) is 5.56. The van der Waals surface area contributed by atoms with Gasteiger partial charge in [0.2, 0.25) is 0 Å². The van der Waals surface area contributed by atoms with Gasteiger partial charge >= 0.3 is 0 Å². The SMILES string of the molecule is CC[NH+]1CCC[C@@H]1C[NH2+][C@H](C(=O)Nc1ccc(OC)c(Cl)c1)c1ccccc1. The maximum atomic E-state index is 13.1. The van der Waals surface area contributed by atoms with Crippen LogP contribution in [-0.2, 0) is 4.79 Å². The smallest absolute Gasteiger partial charge is 0.287 e. The van der Waals surface area contributed by atoms with Gasteiger partial charge in [0.1, 0.15) is 18.3 Å². The Bertz CT molecular complexity index is 785. The molecule has 1 aliphatic rings. The number of carbonyl (C=O) groups is 1. The molecule has 1 aliphatic heterocycles. The minimum absolute atomic E-state index is 0.0384. The molecule has 3 rings (SSSR count). The zero-order valence-corrected chi connectivity index (χ0v) is 17.3. The number of nitrogens with two attached hydrogens (primary N) is 1. The van der Waals surface area contributed by atoms with Crippen molar-refractivity contribution >= 4 is 23.2 Å². The summed E-state index contributed by atoms with van der Waals surface area (Å²) in [5, 5.41) is 5.68. The number of amides is 1. The molecule has 3 atom stereocenters. The molecule has 0 radical (unpaired) electrons. The molecule has 1 amide bonds. The van der Waals surface area contributed by atoms with Gasteiger partial charge in [-0.05, 0) is 25.1 Å². The average Bonchev–Trinajstić information content (AvgIpc) is 3.17. The lowest BCUT2D eigenvalue weighted by Gasteiger charge is -2.22. The van der Waals surface area contributed by atoms with E-state index < -0.39 is 0 Å². The summed E-state index contributed by atoms with van der Waals surface area (Å²) in [7, 11) is 1.57. The van der Waals surface area contributed by atoms with Crippen LogP contribution in [-0.4, -0.2) is 38.7 Å². The van der Waals surface area contributed by atoms with Crippen molar-refractivity contribution in [3.05, 3.63) is 59.1 Å². The van der Waals surface area contributed by atoms with E-state index in [1.54, 1.807) is 24.1 Å². The number of likely N-dealkylation sites (tertiary alicyclic amines) is 1. The van der Waals surface area contributed by atoms with Crippen LogP contribution < -0.4 is 20.3 Å². The van der Waals surface area contributed by atoms with E-state index in [1.807, 2.05) is 36.4 Å². The third-order valence-corrected chi connectivity index (χ3v) is 5.89. The Kier molecular flexibility index (Phi) is 7.31. The van der Waals surface area contributed by atoms with Crippen molar-refractivity contribution in [2.45, 2.75) is 31.8 Å². The number of nitrogens with one attached hydrogen (secondary N) is 2. The van der Waals surface area contributed by atoms with Crippen molar-refractivity contribution in [2.75, 3.05) is 32.1 Å². The number of carbonyl (C=O) groups excluding carboxylic acids is 1. The Morgan fingerprint density at radius 2 is 2.11 bits per heavy atom. The second-order valence-electron chi connectivity index (χ2n) is 7.30. The van der Waals surface area contributed by atoms with Gasteiger partial charge in [-0.1, -0.05) is 41.9 Å². The van der Waals surface area contributed by atoms with Crippen LogP contribution >= 0.6 is 11.6 Å². The summed E-state index contributed by atoms with van der Waals surface area (Å²) in [4.78, 5) is 14.8. The van der Waals surface area contributed by atoms with Gasteiger partial charge in [0.25, 0.3) is 5.91 Å². The van der Waals surface area contributed by atoms with E-state index in [2.05, 4.69) is 17.6 Å². The standard InChI is InChI=1S/C22H28ClN3O2/c1-3-26-13-7-10-18(26)15-24-21(16-8-5-4-6-9-16)22(27)25-17-11-12-20(28-2)19(23)14-17/h4-6,8-9,11-12,14,18,21,24H,3,7,10,13,15H2,1-2H3,(H,25,27)/p+2/t18-,21+/m1/s1. The highest BCUT2D eigenvalue weighted by atomic mass is 35.5. The van der Waals surface area contributed by atoms with Crippen LogP contribution in [0.1, 0.15) is 31.4 Å². The number of quaternary nitrogens is 2. The molecule has 150 valence electrons. The van der Waals surface area contributed by atoms with Gasteiger partial charge in [-0.2, -0.15) is 0 Å². The van der Waals surface area contributed by atoms with Crippen LogP contribution in [0, 0.1) is 0 Å². The average molecular weight is 404 g/mol. The highest BCUT2D eigenvalue weighted by Gasteiger charge is 2.32. The van der Waals surface area contributed by atoms with Crippen molar-refractivity contribution in [3.8, 4) is 5.75 Å². The largest absolute Gasteiger partial charge is 0.495 e. The predicted molar refractivity (Wildman–Crippen MR) is 112 cm³/mol. The Hall–Kier alpha value is -2.08. The highest BCUT2D eigenvalue weighted by Crippen LogP contribution is 2.27. The first-order chi connectivity index (χ1) is 13.6. The molecule has 0 bridgehead atoms. The van der Waals surface area contributed by atoms with Crippen molar-refractivity contribution in [1.82, 2.24) is 0 Å². The third kappa shape index (κ3) is 5.04. The molecule has 1 unspecified atom stereocenters. The summed E-state index contributed by atoms with van der Waals surface area (Å²) in [6, 6.07) is 15.6. The number of methoxy groups -OCH3 is 1. The van der Waals surface area contributed by atoms with Crippen LogP contribution in [0.4, 0.5) is 5.69 Å². The first kappa shape index (κ1) is 20.6. The summed E-state index contributed by atoms with van der Waals surface area (Å²) in [6.07, 6.45) is 2.51. The number of hydrogen-bond acceptors (Lipinski definition) is 2. The fourth-order valence-electron chi connectivity index (χ4n) is 4.05. The minimum atomic E-state index is -0.291. The molecule has 4 N–H and O–H groups in total. The number of hydrogen-bond donors (Lipinski definition) is 3. The monoisotopic (exact) mass is 403 g/mol. The Labute approximate surface area is 172 Å². The minimum Gasteiger partial charge on any atom is -0.495 e. The highest BCUT2D eigenvalue weighted by molar-refractivity contribution is 6.32. The molecule has 0 saturated carbocycles. The lowest BCUT2D eigenvalue weighted by Crippen LogP contribution is -3.16. The Morgan fingerprint density at radius 3 is 2.79 bits per heavy atom. The van der Waals surface area contributed by atoms with Crippen LogP contribution in [0.25, 0.3) is 0 Å². The molecule has 28 heavy (non-hydrogen) atoms. The molecule has 1 fully saturated rings. The molecular weight excluding hydrogens is 374 g/mol. The van der Waals surface area contributed by atoms with Crippen LogP contribution in [0.3, 0.4) is 0 Å². The first-order valence-electron chi connectivity index (χ1n) is 9.99. The summed E-state index contributed by atoms with van der Waals surface area (Å²) >= 11 is 6.20. The van der Waals surface area contributed by atoms with E-state index in [0.29, 0.717) is 22.5 Å². The molecule has 1 saturated heterocycles. The molecule has 2 aromatic rings. The lowest BCUT2D eigenvalue weighted by atomic mass is 10.1. The van der Waals surface area contributed by atoms with E-state index in [1.165, 1.54) is 19.4 Å². The molecule has 0 spiro atoms. The summed E-state index contributed by atoms with van der Waals surface area (Å²) in [5.41, 5.74) is 1.68. The quantitative estimate of drug-likeness (QED) is 0.627. The van der Waals surface area contributed by atoms with Crippen molar-refractivity contribution < 1.29 is 19.7 Å². The molecule has 0 aliphatic carbocycles. The molecule has 1 heterocycles. The zero-order chi connectivity index (χ0) is 19.9. The van der Waals surface area contributed by atoms with E-state index in [9.17, 15) is 4.79 Å². The molecule has 0 aromatic heterocycles. The van der Waals surface area contributed by atoms with Crippen molar-refractivity contribution in [2.24, 2.45) is 0 Å². The van der Waals surface area contributed by atoms with Gasteiger partial charge in [-0.25, -0.2) is 0 Å². The molecule has 2 aromatic carbocycles. The van der Waals surface area contributed by atoms with E-state index in [0.717, 1.165) is 18.7 Å². The number of benzene rings is 2. The number of likely N-dealkylation sites (N-methyl/N-ethyl adjacent to an activating group) is 1. The number of rotatable bonds is 8. The van der Waals surface area contributed by atoms with Crippen LogP contribution in [0.5, 0.6) is 5.75 Å². The Morgan fingerprint density at radius 1 is 1.32 bits per heavy atom. The number of anilines is 1. The lowest BCUT2D eigenvalue weighted by molar-refractivity contribution is -0.925. The third-order valence-electron chi connectivity index (χ3n) is 5.60. The predicted octanol–water partition coefficient (Wildman–Crippen LogP) is 1.66. The zero-order valence-electron chi connectivity index (χ0n) is 16.6. The second-order valence-corrected chi connectivity index (χ2v) is 7.71. The molecule has 6 heteroatoms. The Balaban J connectivity index is 1.73. The van der Waals surface area contributed by atoms with E-state index in [-0.39, 0.29) is 11.9 Å². The van der Waals surface area contributed by atoms with E-state index in [4.69, 9.17) is 16.3 Å². The van der Waals surface area contributed by atoms with E-state index >= 15 is 0 Å². The topological polar surface area (TPSA) is 59.4 Å². The van der Waals surface area contributed by atoms with Gasteiger partial charge in [-0.3, -0.25) is 4.79 Å². The molecular formula is C22H30ClN3O2+2. The summed E-state index contributed by atoms with van der Waals surface area (Å²) < 4.78 is 5.18. The first-order valence-corrected chi connectivity index (χ1v) is 10.4. The number of ether oxygens (including phenoxy) is 1. The maximum Gasteiger partial charge on any atom is 0.287 e. The molecule has 5 nitrogen and oxygen atoms in total. The second kappa shape index (κ2) is 9.92. The fraction of sp³-hybridized carbons (Fsp3) is 0.409. The normalized spacial score (nSPS) is 20.0. The van der Waals surface area contributed by atoms with Gasteiger partial charge in [-0.15, -0.1) is 0 Å². The van der Waals surface area contributed by atoms with Gasteiger partial charge in [0, 0.05) is 24.1 Å². The van der Waals surface area contributed by atoms with Crippen LogP contribution in [0.2, 0.25) is 5.02 Å². The number of halogens is 1.